The van der Waals surface area contributed by atoms with Crippen LogP contribution >= 0.6 is 0 Å². The smallest absolute Gasteiger partial charge is 0.287 e. The highest BCUT2D eigenvalue weighted by Crippen LogP contribution is 2.23. The summed E-state index contributed by atoms with van der Waals surface area (Å²) in [6, 6.07) is 10.3. The summed E-state index contributed by atoms with van der Waals surface area (Å²) >= 11 is 0. The standard InChI is InChI=1S/C24H32N4O4/c1-15(2)21(24(31)25-3)28-23(30)20-10-9-19(32-20)17-7-4-6-16(12-17)13-27-22(29)18-8-5-11-26-14-18/h4,6-7,9-10,12,15,18,21,26H,5,8,11,13-14H2,1-3H3,(H,25,31)(H,27,29)(H,28,30)/t18?,21-/m0/s1. The SMILES string of the molecule is CNC(=O)[C@@H](NC(=O)c1ccc(-c2cccc(CNC(=O)C3CCCNC3)c2)o1)C(C)C. The zero-order valence-corrected chi connectivity index (χ0v) is 18.9. The second kappa shape index (κ2) is 10.9. The van der Waals surface area contributed by atoms with Crippen LogP contribution < -0.4 is 21.3 Å². The first kappa shape index (κ1) is 23.5. The van der Waals surface area contributed by atoms with E-state index < -0.39 is 11.9 Å². The molecule has 2 aromatic rings. The maximum absolute atomic E-state index is 12.6. The van der Waals surface area contributed by atoms with Crippen molar-refractivity contribution < 1.29 is 18.8 Å². The Labute approximate surface area is 188 Å². The summed E-state index contributed by atoms with van der Waals surface area (Å²) in [7, 11) is 1.54. The number of furan rings is 1. The largest absolute Gasteiger partial charge is 0.451 e. The van der Waals surface area contributed by atoms with E-state index in [4.69, 9.17) is 4.42 Å². The van der Waals surface area contributed by atoms with Crippen molar-refractivity contribution in [2.75, 3.05) is 20.1 Å². The first-order valence-electron chi connectivity index (χ1n) is 11.1. The average molecular weight is 441 g/mol. The molecule has 4 N–H and O–H groups in total. The second-order valence-corrected chi connectivity index (χ2v) is 8.43. The van der Waals surface area contributed by atoms with E-state index in [9.17, 15) is 14.4 Å². The lowest BCUT2D eigenvalue weighted by molar-refractivity contribution is -0.125. The van der Waals surface area contributed by atoms with E-state index in [1.165, 1.54) is 7.05 Å². The minimum Gasteiger partial charge on any atom is -0.451 e. The van der Waals surface area contributed by atoms with Gasteiger partial charge in [0, 0.05) is 25.7 Å². The molecule has 0 aliphatic carbocycles. The molecule has 8 nitrogen and oxygen atoms in total. The highest BCUT2D eigenvalue weighted by atomic mass is 16.4. The van der Waals surface area contributed by atoms with Crippen LogP contribution in [0.5, 0.6) is 0 Å². The molecule has 3 rings (SSSR count). The average Bonchev–Trinajstić information content (AvgIpc) is 3.31. The van der Waals surface area contributed by atoms with Crippen molar-refractivity contribution in [3.8, 4) is 11.3 Å². The van der Waals surface area contributed by atoms with Crippen LogP contribution in [-0.4, -0.2) is 43.9 Å². The maximum atomic E-state index is 12.6. The minimum atomic E-state index is -0.646. The molecule has 1 unspecified atom stereocenters. The van der Waals surface area contributed by atoms with Gasteiger partial charge in [0.25, 0.3) is 5.91 Å². The van der Waals surface area contributed by atoms with E-state index in [0.29, 0.717) is 12.3 Å². The van der Waals surface area contributed by atoms with Gasteiger partial charge in [-0.2, -0.15) is 0 Å². The van der Waals surface area contributed by atoms with Crippen LogP contribution in [0.2, 0.25) is 0 Å². The Kier molecular flexibility index (Phi) is 8.05. The molecule has 1 aliphatic rings. The Morgan fingerprint density at radius 2 is 2.00 bits per heavy atom. The number of carbonyl (C=O) groups excluding carboxylic acids is 3. The van der Waals surface area contributed by atoms with E-state index in [2.05, 4.69) is 21.3 Å². The lowest BCUT2D eigenvalue weighted by atomic mass is 9.99. The van der Waals surface area contributed by atoms with Crippen molar-refractivity contribution in [1.82, 2.24) is 21.3 Å². The first-order chi connectivity index (χ1) is 15.4. The molecule has 2 heterocycles. The molecular weight excluding hydrogens is 408 g/mol. The fraction of sp³-hybridized carbons (Fsp3) is 0.458. The van der Waals surface area contributed by atoms with Crippen molar-refractivity contribution in [2.45, 2.75) is 39.3 Å². The quantitative estimate of drug-likeness (QED) is 0.502. The minimum absolute atomic E-state index is 0.0162. The molecule has 2 atom stereocenters. The fourth-order valence-corrected chi connectivity index (χ4v) is 3.76. The monoisotopic (exact) mass is 440 g/mol. The lowest BCUT2D eigenvalue weighted by Gasteiger charge is -2.21. The molecule has 1 aromatic carbocycles. The highest BCUT2D eigenvalue weighted by Gasteiger charge is 2.25. The summed E-state index contributed by atoms with van der Waals surface area (Å²) < 4.78 is 5.76. The van der Waals surface area contributed by atoms with Gasteiger partial charge in [0.2, 0.25) is 11.8 Å². The Hall–Kier alpha value is -3.13. The van der Waals surface area contributed by atoms with Crippen molar-refractivity contribution >= 4 is 17.7 Å². The van der Waals surface area contributed by atoms with Crippen LogP contribution in [0.3, 0.4) is 0 Å². The van der Waals surface area contributed by atoms with E-state index >= 15 is 0 Å². The van der Waals surface area contributed by atoms with Crippen LogP contribution in [-0.2, 0) is 16.1 Å². The van der Waals surface area contributed by atoms with E-state index in [1.807, 2.05) is 38.1 Å². The normalized spacial score (nSPS) is 16.9. The van der Waals surface area contributed by atoms with E-state index in [0.717, 1.165) is 37.1 Å². The van der Waals surface area contributed by atoms with E-state index in [1.54, 1.807) is 12.1 Å². The van der Waals surface area contributed by atoms with Gasteiger partial charge in [-0.05, 0) is 49.1 Å². The summed E-state index contributed by atoms with van der Waals surface area (Å²) in [5.41, 5.74) is 1.75. The Bertz CT molecular complexity index is 947. The van der Waals surface area contributed by atoms with Gasteiger partial charge in [0.1, 0.15) is 11.8 Å². The molecule has 1 saturated heterocycles. The van der Waals surface area contributed by atoms with Gasteiger partial charge in [-0.3, -0.25) is 14.4 Å². The summed E-state index contributed by atoms with van der Waals surface area (Å²) in [6.07, 6.45) is 1.93. The van der Waals surface area contributed by atoms with Crippen LogP contribution in [0.25, 0.3) is 11.3 Å². The number of hydrogen-bond acceptors (Lipinski definition) is 5. The van der Waals surface area contributed by atoms with Crippen LogP contribution in [0.15, 0.2) is 40.8 Å². The molecule has 0 radical (unpaired) electrons. The molecule has 32 heavy (non-hydrogen) atoms. The number of nitrogens with one attached hydrogen (secondary N) is 4. The molecule has 0 bridgehead atoms. The molecule has 8 heteroatoms. The third kappa shape index (κ3) is 5.97. The first-order valence-corrected chi connectivity index (χ1v) is 11.1. The predicted octanol–water partition coefficient (Wildman–Crippen LogP) is 2.06. The zero-order valence-electron chi connectivity index (χ0n) is 18.9. The van der Waals surface area contributed by atoms with Gasteiger partial charge in [0.15, 0.2) is 5.76 Å². The van der Waals surface area contributed by atoms with E-state index in [-0.39, 0.29) is 29.4 Å². The molecule has 1 aromatic heterocycles. The summed E-state index contributed by atoms with van der Waals surface area (Å²) in [4.78, 5) is 37.0. The summed E-state index contributed by atoms with van der Waals surface area (Å²) in [6.45, 7) is 5.85. The number of rotatable bonds is 8. The molecule has 1 fully saturated rings. The van der Waals surface area contributed by atoms with Gasteiger partial charge >= 0.3 is 0 Å². The Morgan fingerprint density at radius 1 is 1.19 bits per heavy atom. The number of carbonyl (C=O) groups is 3. The Morgan fingerprint density at radius 3 is 2.69 bits per heavy atom. The lowest BCUT2D eigenvalue weighted by Crippen LogP contribution is -2.48. The molecule has 172 valence electrons. The van der Waals surface area contributed by atoms with Crippen LogP contribution in [0, 0.1) is 11.8 Å². The molecular formula is C24H32N4O4. The van der Waals surface area contributed by atoms with Crippen LogP contribution in [0.4, 0.5) is 0 Å². The number of amides is 3. The topological polar surface area (TPSA) is 112 Å². The van der Waals surface area contributed by atoms with Gasteiger partial charge < -0.3 is 25.7 Å². The fourth-order valence-electron chi connectivity index (χ4n) is 3.76. The number of hydrogen-bond donors (Lipinski definition) is 4. The number of piperidine rings is 1. The third-order valence-electron chi connectivity index (χ3n) is 5.66. The number of likely N-dealkylation sites (N-methyl/N-ethyl adjacent to an activating group) is 1. The van der Waals surface area contributed by atoms with Gasteiger partial charge in [-0.25, -0.2) is 0 Å². The van der Waals surface area contributed by atoms with Crippen molar-refractivity contribution in [3.05, 3.63) is 47.7 Å². The van der Waals surface area contributed by atoms with Gasteiger partial charge in [-0.1, -0.05) is 32.0 Å². The maximum Gasteiger partial charge on any atom is 0.287 e. The second-order valence-electron chi connectivity index (χ2n) is 8.43. The highest BCUT2D eigenvalue weighted by molar-refractivity contribution is 5.96. The van der Waals surface area contributed by atoms with Crippen molar-refractivity contribution in [1.29, 1.82) is 0 Å². The zero-order chi connectivity index (χ0) is 23.1. The van der Waals surface area contributed by atoms with Crippen molar-refractivity contribution in [2.24, 2.45) is 11.8 Å². The number of benzene rings is 1. The van der Waals surface area contributed by atoms with Crippen LogP contribution in [0.1, 0.15) is 42.8 Å². The summed E-state index contributed by atoms with van der Waals surface area (Å²) in [5, 5.41) is 11.6. The predicted molar refractivity (Wildman–Crippen MR) is 122 cm³/mol. The van der Waals surface area contributed by atoms with Crippen molar-refractivity contribution in [3.63, 3.8) is 0 Å². The molecule has 3 amide bonds. The molecule has 0 saturated carbocycles. The van der Waals surface area contributed by atoms with Gasteiger partial charge in [-0.15, -0.1) is 0 Å². The summed E-state index contributed by atoms with van der Waals surface area (Å²) in [5.74, 6) is 0.00313. The third-order valence-corrected chi connectivity index (χ3v) is 5.66. The molecule has 1 aliphatic heterocycles. The Balaban J connectivity index is 1.63. The van der Waals surface area contributed by atoms with Gasteiger partial charge in [0.05, 0.1) is 5.92 Å². The molecule has 0 spiro atoms.